The van der Waals surface area contributed by atoms with Crippen molar-refractivity contribution in [2.45, 2.75) is 12.6 Å². The summed E-state index contributed by atoms with van der Waals surface area (Å²) in [5, 5.41) is 3.64. The Morgan fingerprint density at radius 1 is 1.16 bits per heavy atom. The summed E-state index contributed by atoms with van der Waals surface area (Å²) < 4.78 is 9.03. The summed E-state index contributed by atoms with van der Waals surface area (Å²) in [7, 11) is 1.53. The molecule has 0 radical (unpaired) electrons. The van der Waals surface area contributed by atoms with E-state index in [-0.39, 0.29) is 29.3 Å². The number of aromatic nitrogens is 3. The van der Waals surface area contributed by atoms with Crippen molar-refractivity contribution in [3.05, 3.63) is 82.8 Å². The molecule has 0 fully saturated rings. The van der Waals surface area contributed by atoms with Gasteiger partial charge in [0.25, 0.3) is 11.8 Å². The van der Waals surface area contributed by atoms with Crippen LogP contribution < -0.4 is 16.8 Å². The number of amides is 3. The first kappa shape index (κ1) is 25.7. The van der Waals surface area contributed by atoms with Gasteiger partial charge in [-0.2, -0.15) is 4.37 Å². The Morgan fingerprint density at radius 2 is 1.97 bits per heavy atom. The zero-order valence-corrected chi connectivity index (χ0v) is 20.8. The third kappa shape index (κ3) is 5.71. The highest BCUT2D eigenvalue weighted by molar-refractivity contribution is 7.09. The number of ether oxygens (including phenoxy) is 1. The molecule has 0 saturated carbocycles. The number of nitrogen functional groups attached to an aromatic ring is 1. The van der Waals surface area contributed by atoms with Crippen LogP contribution in [0.25, 0.3) is 10.9 Å². The fourth-order valence-electron chi connectivity index (χ4n) is 3.84. The van der Waals surface area contributed by atoms with E-state index in [0.717, 1.165) is 22.4 Å². The number of nitrogens with one attached hydrogen (secondary N) is 1. The maximum absolute atomic E-state index is 13.9. The van der Waals surface area contributed by atoms with E-state index < -0.39 is 23.8 Å². The van der Waals surface area contributed by atoms with Crippen molar-refractivity contribution < 1.29 is 19.1 Å². The topological polar surface area (TPSA) is 166 Å². The number of carbonyl (C=O) groups excluding carboxylic acids is 3. The number of nitrogens with zero attached hydrogens (tertiary/aromatic N) is 4. The molecule has 4 rings (SSSR count). The standard InChI is InChI=1S/C25H25N7O4S/c1-36-11-10-30-24(34)21(17-6-7-18-16(12-17)5-3-9-29-18)32(14-15-4-2-8-28-13-15)25(35)22-19(26)20(23(27)33)31-37-22/h2-9,12-13,21H,10-11,14,26H2,1H3,(H2,27,33)(H,30,34)/t21-/m0/s1. The number of pyridine rings is 2. The maximum atomic E-state index is 13.9. The molecular weight excluding hydrogens is 494 g/mol. The van der Waals surface area contributed by atoms with Crippen molar-refractivity contribution in [1.29, 1.82) is 0 Å². The molecule has 4 aromatic rings. The van der Waals surface area contributed by atoms with Crippen LogP contribution in [0.5, 0.6) is 0 Å². The zero-order chi connectivity index (χ0) is 26.4. The minimum Gasteiger partial charge on any atom is -0.395 e. The number of carbonyl (C=O) groups is 3. The molecule has 3 aromatic heterocycles. The molecule has 3 heterocycles. The number of primary amides is 1. The molecule has 0 unspecified atom stereocenters. The van der Waals surface area contributed by atoms with Crippen LogP contribution in [0.3, 0.4) is 0 Å². The normalized spacial score (nSPS) is 11.7. The van der Waals surface area contributed by atoms with Crippen molar-refractivity contribution in [2.24, 2.45) is 5.73 Å². The van der Waals surface area contributed by atoms with Gasteiger partial charge in [0.1, 0.15) is 10.9 Å². The molecule has 37 heavy (non-hydrogen) atoms. The van der Waals surface area contributed by atoms with Crippen LogP contribution in [0.2, 0.25) is 0 Å². The van der Waals surface area contributed by atoms with Gasteiger partial charge in [-0.1, -0.05) is 18.2 Å². The number of fused-ring (bicyclic) bond motifs is 1. The van der Waals surface area contributed by atoms with E-state index in [9.17, 15) is 14.4 Å². The van der Waals surface area contributed by atoms with Crippen LogP contribution >= 0.6 is 11.5 Å². The Kier molecular flexibility index (Phi) is 8.01. The van der Waals surface area contributed by atoms with Crippen LogP contribution in [-0.4, -0.2) is 57.2 Å². The monoisotopic (exact) mass is 519 g/mol. The first-order valence-corrected chi connectivity index (χ1v) is 12.0. The van der Waals surface area contributed by atoms with Gasteiger partial charge in [-0.25, -0.2) is 0 Å². The van der Waals surface area contributed by atoms with Gasteiger partial charge in [-0.15, -0.1) is 0 Å². The van der Waals surface area contributed by atoms with Gasteiger partial charge in [0.2, 0.25) is 5.91 Å². The smallest absolute Gasteiger partial charge is 0.270 e. The molecule has 0 spiro atoms. The largest absolute Gasteiger partial charge is 0.395 e. The first-order chi connectivity index (χ1) is 17.9. The summed E-state index contributed by atoms with van der Waals surface area (Å²) in [4.78, 5) is 49.1. The Labute approximate surface area is 216 Å². The second-order valence-corrected chi connectivity index (χ2v) is 8.85. The molecule has 0 aliphatic heterocycles. The number of nitrogens with two attached hydrogens (primary N) is 2. The van der Waals surface area contributed by atoms with E-state index >= 15 is 0 Å². The molecule has 0 aliphatic rings. The summed E-state index contributed by atoms with van der Waals surface area (Å²) in [6.07, 6.45) is 4.90. The van der Waals surface area contributed by atoms with Gasteiger partial charge < -0.3 is 26.4 Å². The van der Waals surface area contributed by atoms with Crippen molar-refractivity contribution in [2.75, 3.05) is 26.0 Å². The molecule has 3 amide bonds. The number of anilines is 1. The Morgan fingerprint density at radius 3 is 2.68 bits per heavy atom. The second-order valence-electron chi connectivity index (χ2n) is 8.07. The number of hydrogen-bond donors (Lipinski definition) is 3. The van der Waals surface area contributed by atoms with Gasteiger partial charge in [-0.3, -0.25) is 24.4 Å². The summed E-state index contributed by atoms with van der Waals surface area (Å²) in [6, 6.07) is 11.5. The third-order valence-electron chi connectivity index (χ3n) is 5.60. The average Bonchev–Trinajstić information content (AvgIpc) is 3.30. The van der Waals surface area contributed by atoms with Crippen LogP contribution in [0, 0.1) is 0 Å². The third-order valence-corrected chi connectivity index (χ3v) is 6.45. The van der Waals surface area contributed by atoms with Crippen molar-refractivity contribution in [3.63, 3.8) is 0 Å². The van der Waals surface area contributed by atoms with Gasteiger partial charge in [0.15, 0.2) is 5.69 Å². The van der Waals surface area contributed by atoms with E-state index in [1.807, 2.05) is 12.1 Å². The van der Waals surface area contributed by atoms with Crippen molar-refractivity contribution in [1.82, 2.24) is 24.6 Å². The van der Waals surface area contributed by atoms with Crippen LogP contribution in [0.4, 0.5) is 5.69 Å². The Hall–Kier alpha value is -4.42. The maximum Gasteiger partial charge on any atom is 0.270 e. The first-order valence-electron chi connectivity index (χ1n) is 11.3. The molecule has 0 aliphatic carbocycles. The van der Waals surface area contributed by atoms with E-state index in [2.05, 4.69) is 19.7 Å². The van der Waals surface area contributed by atoms with Gasteiger partial charge in [-0.05, 0) is 46.9 Å². The molecular formula is C25H25N7O4S. The van der Waals surface area contributed by atoms with Crippen molar-refractivity contribution in [3.8, 4) is 0 Å². The number of hydrogen-bond acceptors (Lipinski definition) is 9. The predicted octanol–water partition coefficient (Wildman–Crippen LogP) is 1.91. The average molecular weight is 520 g/mol. The zero-order valence-electron chi connectivity index (χ0n) is 20.0. The molecule has 11 nitrogen and oxygen atoms in total. The van der Waals surface area contributed by atoms with Crippen molar-refractivity contribution >= 4 is 45.8 Å². The number of rotatable bonds is 10. The minimum absolute atomic E-state index is 0.00911. The van der Waals surface area contributed by atoms with E-state index in [0.29, 0.717) is 17.7 Å². The number of methoxy groups -OCH3 is 1. The van der Waals surface area contributed by atoms with Gasteiger partial charge >= 0.3 is 0 Å². The quantitative estimate of drug-likeness (QED) is 0.267. The number of benzene rings is 1. The van der Waals surface area contributed by atoms with Crippen LogP contribution in [0.15, 0.2) is 61.1 Å². The van der Waals surface area contributed by atoms with Gasteiger partial charge in [0, 0.05) is 44.2 Å². The van der Waals surface area contributed by atoms with E-state index in [1.54, 1.807) is 48.9 Å². The summed E-state index contributed by atoms with van der Waals surface area (Å²) in [5.74, 6) is -1.84. The van der Waals surface area contributed by atoms with Gasteiger partial charge in [0.05, 0.1) is 17.8 Å². The summed E-state index contributed by atoms with van der Waals surface area (Å²) in [6.45, 7) is 0.564. The Balaban J connectivity index is 1.83. The molecule has 5 N–H and O–H groups in total. The minimum atomic E-state index is -1.06. The SMILES string of the molecule is COCCNC(=O)[C@H](c1ccc2ncccc2c1)N(Cc1cccnc1)C(=O)c1snc(C(N)=O)c1N. The molecule has 1 aromatic carbocycles. The fraction of sp³-hybridized carbons (Fsp3) is 0.200. The molecule has 190 valence electrons. The highest BCUT2D eigenvalue weighted by atomic mass is 32.1. The summed E-state index contributed by atoms with van der Waals surface area (Å²) in [5.41, 5.74) is 13.1. The lowest BCUT2D eigenvalue weighted by atomic mass is 10.0. The Bertz CT molecular complexity index is 1430. The highest BCUT2D eigenvalue weighted by Crippen LogP contribution is 2.31. The molecule has 0 saturated heterocycles. The van der Waals surface area contributed by atoms with E-state index in [1.165, 1.54) is 12.0 Å². The highest BCUT2D eigenvalue weighted by Gasteiger charge is 2.35. The predicted molar refractivity (Wildman–Crippen MR) is 139 cm³/mol. The lowest BCUT2D eigenvalue weighted by Crippen LogP contribution is -2.44. The lowest BCUT2D eigenvalue weighted by Gasteiger charge is -2.31. The summed E-state index contributed by atoms with van der Waals surface area (Å²) >= 11 is 0.755. The molecule has 0 bridgehead atoms. The van der Waals surface area contributed by atoms with Crippen LogP contribution in [0.1, 0.15) is 37.3 Å². The van der Waals surface area contributed by atoms with Crippen LogP contribution in [-0.2, 0) is 16.1 Å². The lowest BCUT2D eigenvalue weighted by molar-refractivity contribution is -0.126. The molecule has 1 atom stereocenters. The van der Waals surface area contributed by atoms with E-state index in [4.69, 9.17) is 16.2 Å². The fourth-order valence-corrected chi connectivity index (χ4v) is 4.60. The molecule has 12 heteroatoms. The second kappa shape index (κ2) is 11.5.